The lowest BCUT2D eigenvalue weighted by Crippen LogP contribution is -2.59. The first-order valence-electron chi connectivity index (χ1n) is 9.46. The fourth-order valence-electron chi connectivity index (χ4n) is 3.13. The van der Waals surface area contributed by atoms with Gasteiger partial charge in [0, 0.05) is 24.3 Å². The summed E-state index contributed by atoms with van der Waals surface area (Å²) in [6.07, 6.45) is 0.177. The summed E-state index contributed by atoms with van der Waals surface area (Å²) in [6.45, 7) is -2.69. The molecule has 1 unspecified atom stereocenters. The van der Waals surface area contributed by atoms with Crippen LogP contribution in [-0.4, -0.2) is 51.8 Å². The van der Waals surface area contributed by atoms with Crippen LogP contribution in [0.25, 0.3) is 0 Å². The minimum absolute atomic E-state index is 0.00676. The molecule has 9 nitrogen and oxygen atoms in total. The van der Waals surface area contributed by atoms with Crippen LogP contribution in [0.2, 0.25) is 5.02 Å². The Balaban J connectivity index is 1.61. The van der Waals surface area contributed by atoms with Gasteiger partial charge >= 0.3 is 6.61 Å². The number of hydrogen-bond donors (Lipinski definition) is 4. The van der Waals surface area contributed by atoms with Crippen LogP contribution < -0.4 is 15.8 Å². The van der Waals surface area contributed by atoms with Crippen LogP contribution in [0.4, 0.5) is 8.78 Å². The van der Waals surface area contributed by atoms with Gasteiger partial charge in [-0.15, -0.1) is 0 Å². The van der Waals surface area contributed by atoms with Crippen LogP contribution in [0.3, 0.4) is 0 Å². The molecule has 1 aromatic carbocycles. The maximum Gasteiger partial charge on any atom is 0.387 e. The highest BCUT2D eigenvalue weighted by molar-refractivity contribution is 6.30. The van der Waals surface area contributed by atoms with E-state index in [1.165, 1.54) is 17.2 Å². The molecular weight excluding hydrogens is 448 g/mol. The maximum absolute atomic E-state index is 12.7. The first-order valence-corrected chi connectivity index (χ1v) is 9.84. The molecule has 3 rings (SSSR count). The van der Waals surface area contributed by atoms with E-state index in [2.05, 4.69) is 15.0 Å². The number of amidine groups is 1. The fourth-order valence-corrected chi connectivity index (χ4v) is 3.37. The normalized spacial score (nSPS) is 16.3. The number of ether oxygens (including phenoxy) is 1. The third-order valence-electron chi connectivity index (χ3n) is 4.84. The van der Waals surface area contributed by atoms with Crippen molar-refractivity contribution in [3.63, 3.8) is 0 Å². The zero-order valence-corrected chi connectivity index (χ0v) is 17.4. The van der Waals surface area contributed by atoms with Crippen molar-refractivity contribution in [3.05, 3.63) is 58.4 Å². The van der Waals surface area contributed by atoms with E-state index in [1.54, 1.807) is 12.1 Å². The molecule has 12 heteroatoms. The van der Waals surface area contributed by atoms with Gasteiger partial charge in [0.15, 0.2) is 6.10 Å². The second-order valence-electron chi connectivity index (χ2n) is 7.02. The predicted octanol–water partition coefficient (Wildman–Crippen LogP) is 1.57. The van der Waals surface area contributed by atoms with Gasteiger partial charge in [-0.3, -0.25) is 20.0 Å². The van der Waals surface area contributed by atoms with E-state index >= 15 is 0 Å². The Bertz CT molecular complexity index is 1020. The number of aromatic nitrogens is 1. The SMILES string of the molecule is N=C(N)c1ccc(CNC(=O)[C@@H]2CCN2C(=O)C(O)c2cc(Cl)cc(OC(F)F)c2)cn1. The summed E-state index contributed by atoms with van der Waals surface area (Å²) in [5.74, 6) is -1.64. The zero-order valence-electron chi connectivity index (χ0n) is 16.6. The molecule has 0 bridgehead atoms. The molecule has 32 heavy (non-hydrogen) atoms. The Morgan fingerprint density at radius 1 is 1.38 bits per heavy atom. The molecule has 0 aliphatic carbocycles. The first kappa shape index (κ1) is 23.4. The Kier molecular flexibility index (Phi) is 7.21. The molecule has 1 fully saturated rings. The van der Waals surface area contributed by atoms with Crippen molar-refractivity contribution in [3.8, 4) is 5.75 Å². The lowest BCUT2D eigenvalue weighted by molar-refractivity contribution is -0.154. The summed E-state index contributed by atoms with van der Waals surface area (Å²) in [4.78, 5) is 30.4. The summed E-state index contributed by atoms with van der Waals surface area (Å²) in [5, 5.41) is 20.4. The molecular formula is C20H20ClF2N5O4. The van der Waals surface area contributed by atoms with Crippen molar-refractivity contribution < 1.29 is 28.2 Å². The van der Waals surface area contributed by atoms with Crippen molar-refractivity contribution in [1.29, 1.82) is 5.41 Å². The molecule has 170 valence electrons. The number of benzene rings is 1. The van der Waals surface area contributed by atoms with Crippen LogP contribution in [0.5, 0.6) is 5.75 Å². The van der Waals surface area contributed by atoms with Crippen molar-refractivity contribution in [2.24, 2.45) is 5.73 Å². The third kappa shape index (κ3) is 5.48. The topological polar surface area (TPSA) is 142 Å². The van der Waals surface area contributed by atoms with Crippen molar-refractivity contribution in [2.45, 2.75) is 31.7 Å². The molecule has 2 aromatic rings. The standard InChI is InChI=1S/C20H20ClF2N5O4/c21-12-5-11(6-13(7-12)32-20(22)23)16(29)19(31)28-4-3-15(28)18(30)27-9-10-1-2-14(17(24)25)26-8-10/h1-2,5-8,15-16,20,29H,3-4,9H2,(H3,24,25)(H,27,30)/t15-,16?/m0/s1. The second kappa shape index (κ2) is 9.88. The number of halogens is 3. The summed E-state index contributed by atoms with van der Waals surface area (Å²) < 4.78 is 29.2. The van der Waals surface area contributed by atoms with E-state index in [-0.39, 0.29) is 35.3 Å². The number of pyridine rings is 1. The van der Waals surface area contributed by atoms with Crippen molar-refractivity contribution >= 4 is 29.3 Å². The Hall–Kier alpha value is -3.31. The van der Waals surface area contributed by atoms with Gasteiger partial charge in [0.1, 0.15) is 23.3 Å². The average molecular weight is 468 g/mol. The molecule has 2 atom stereocenters. The monoisotopic (exact) mass is 467 g/mol. The number of nitrogens with one attached hydrogen (secondary N) is 2. The number of amides is 2. The van der Waals surface area contributed by atoms with Crippen LogP contribution in [0, 0.1) is 5.41 Å². The molecule has 1 aliphatic rings. The van der Waals surface area contributed by atoms with E-state index < -0.39 is 30.6 Å². The number of likely N-dealkylation sites (tertiary alicyclic amines) is 1. The van der Waals surface area contributed by atoms with Gasteiger partial charge in [-0.05, 0) is 41.8 Å². The molecule has 0 radical (unpaired) electrons. The lowest BCUT2D eigenvalue weighted by atomic mass is 9.98. The quantitative estimate of drug-likeness (QED) is 0.343. The fraction of sp³-hybridized carbons (Fsp3) is 0.300. The summed E-state index contributed by atoms with van der Waals surface area (Å²) in [6, 6.07) is 5.91. The van der Waals surface area contributed by atoms with E-state index in [1.807, 2.05) is 0 Å². The summed E-state index contributed by atoms with van der Waals surface area (Å²) >= 11 is 5.87. The minimum Gasteiger partial charge on any atom is -0.435 e. The van der Waals surface area contributed by atoms with Crippen LogP contribution >= 0.6 is 11.6 Å². The molecule has 1 aliphatic heterocycles. The predicted molar refractivity (Wildman–Crippen MR) is 110 cm³/mol. The van der Waals surface area contributed by atoms with Crippen molar-refractivity contribution in [1.82, 2.24) is 15.2 Å². The Labute approximate surface area is 186 Å². The molecule has 1 saturated heterocycles. The molecule has 2 amide bonds. The van der Waals surface area contributed by atoms with E-state index in [0.29, 0.717) is 17.7 Å². The Morgan fingerprint density at radius 2 is 2.12 bits per heavy atom. The third-order valence-corrected chi connectivity index (χ3v) is 5.06. The number of nitrogens with two attached hydrogens (primary N) is 1. The van der Waals surface area contributed by atoms with E-state index in [9.17, 15) is 23.5 Å². The number of alkyl halides is 2. The molecule has 0 saturated carbocycles. The molecule has 2 heterocycles. The Morgan fingerprint density at radius 3 is 2.69 bits per heavy atom. The average Bonchev–Trinajstić information content (AvgIpc) is 2.70. The van der Waals surface area contributed by atoms with Gasteiger partial charge in [0.2, 0.25) is 5.91 Å². The van der Waals surface area contributed by atoms with E-state index in [4.69, 9.17) is 22.7 Å². The van der Waals surface area contributed by atoms with Crippen LogP contribution in [0.15, 0.2) is 36.5 Å². The summed E-state index contributed by atoms with van der Waals surface area (Å²) in [5.41, 5.74) is 6.30. The smallest absolute Gasteiger partial charge is 0.387 e. The number of carbonyl (C=O) groups is 2. The molecule has 0 spiro atoms. The number of aliphatic hydroxyl groups excluding tert-OH is 1. The largest absolute Gasteiger partial charge is 0.435 e. The number of aliphatic hydroxyl groups is 1. The number of nitrogens with zero attached hydrogens (tertiary/aromatic N) is 2. The van der Waals surface area contributed by atoms with Crippen molar-refractivity contribution in [2.75, 3.05) is 6.54 Å². The van der Waals surface area contributed by atoms with Crippen LogP contribution in [-0.2, 0) is 16.1 Å². The highest BCUT2D eigenvalue weighted by Gasteiger charge is 2.40. The second-order valence-corrected chi connectivity index (χ2v) is 7.46. The van der Waals surface area contributed by atoms with Gasteiger partial charge in [-0.1, -0.05) is 17.7 Å². The van der Waals surface area contributed by atoms with Gasteiger partial charge in [-0.2, -0.15) is 8.78 Å². The van der Waals surface area contributed by atoms with Crippen LogP contribution in [0.1, 0.15) is 29.3 Å². The number of rotatable bonds is 8. The van der Waals surface area contributed by atoms with E-state index in [0.717, 1.165) is 12.1 Å². The van der Waals surface area contributed by atoms with Gasteiger partial charge in [-0.25, -0.2) is 0 Å². The van der Waals surface area contributed by atoms with Gasteiger partial charge < -0.3 is 25.8 Å². The highest BCUT2D eigenvalue weighted by Crippen LogP contribution is 2.29. The minimum atomic E-state index is -3.09. The highest BCUT2D eigenvalue weighted by atomic mass is 35.5. The zero-order chi connectivity index (χ0) is 23.4. The maximum atomic E-state index is 12.7. The molecule has 5 N–H and O–H groups in total. The summed E-state index contributed by atoms with van der Waals surface area (Å²) in [7, 11) is 0. The first-order chi connectivity index (χ1) is 15.2. The van der Waals surface area contributed by atoms with Gasteiger partial charge in [0.25, 0.3) is 5.91 Å². The lowest BCUT2D eigenvalue weighted by Gasteiger charge is -2.40. The van der Waals surface area contributed by atoms with Gasteiger partial charge in [0.05, 0.1) is 0 Å². The number of carbonyl (C=O) groups excluding carboxylic acids is 2. The molecule has 1 aromatic heterocycles. The number of nitrogen functional groups attached to an aromatic ring is 1. The number of hydrogen-bond acceptors (Lipinski definition) is 6.